The maximum absolute atomic E-state index is 12.2. The largest absolute Gasteiger partial charge is 0.494 e. The highest BCUT2D eigenvalue weighted by Crippen LogP contribution is 2.28. The minimum atomic E-state index is -0.151. The third-order valence-electron chi connectivity index (χ3n) is 4.01. The van der Waals surface area contributed by atoms with Crippen molar-refractivity contribution in [2.75, 3.05) is 12.4 Å². The number of thioether (sulfide) groups is 1. The lowest BCUT2D eigenvalue weighted by molar-refractivity contribution is -0.118. The van der Waals surface area contributed by atoms with Crippen LogP contribution >= 0.6 is 11.8 Å². The number of hydrazone groups is 1. The van der Waals surface area contributed by atoms with E-state index < -0.39 is 0 Å². The van der Waals surface area contributed by atoms with E-state index in [0.29, 0.717) is 6.61 Å². The van der Waals surface area contributed by atoms with E-state index in [9.17, 15) is 4.79 Å². The summed E-state index contributed by atoms with van der Waals surface area (Å²) in [6, 6.07) is 15.7. The number of aryl methyl sites for hydroxylation is 2. The van der Waals surface area contributed by atoms with Crippen molar-refractivity contribution in [2.24, 2.45) is 5.10 Å². The van der Waals surface area contributed by atoms with Crippen molar-refractivity contribution in [1.82, 2.24) is 10.4 Å². The van der Waals surface area contributed by atoms with Gasteiger partial charge in [-0.1, -0.05) is 11.6 Å². The summed E-state index contributed by atoms with van der Waals surface area (Å²) in [7, 11) is 0. The van der Waals surface area contributed by atoms with Crippen molar-refractivity contribution < 1.29 is 9.53 Å². The molecule has 0 aliphatic carbocycles. The Kier molecular flexibility index (Phi) is 6.66. The topological polar surface area (TPSA) is 63.6 Å². The summed E-state index contributed by atoms with van der Waals surface area (Å²) in [5, 5.41) is 5.10. The van der Waals surface area contributed by atoms with Crippen LogP contribution in [0.25, 0.3) is 10.9 Å². The monoisotopic (exact) mass is 393 g/mol. The first kappa shape index (κ1) is 19.9. The van der Waals surface area contributed by atoms with Crippen molar-refractivity contribution >= 4 is 34.8 Å². The summed E-state index contributed by atoms with van der Waals surface area (Å²) < 4.78 is 5.40. The molecule has 0 fully saturated rings. The van der Waals surface area contributed by atoms with Crippen molar-refractivity contribution in [3.05, 3.63) is 65.4 Å². The molecule has 0 unspecified atom stereocenters. The standard InChI is InChI=1S/C22H23N3O2S/c1-4-27-18-8-6-17(7-9-18)13-23-25-22(26)14-28-21-12-16(3)24-20-10-5-15(2)11-19(20)21/h5-13H,4,14H2,1-3H3,(H,25,26)/b23-13-. The van der Waals surface area contributed by atoms with Gasteiger partial charge in [-0.3, -0.25) is 9.78 Å². The van der Waals surface area contributed by atoms with Gasteiger partial charge in [-0.25, -0.2) is 5.43 Å². The number of nitrogens with zero attached hydrogens (tertiary/aromatic N) is 2. The fraction of sp³-hybridized carbons (Fsp3) is 0.227. The molecule has 2 aromatic carbocycles. The molecule has 0 radical (unpaired) electrons. The molecule has 1 N–H and O–H groups in total. The van der Waals surface area contributed by atoms with Crippen LogP contribution in [0, 0.1) is 13.8 Å². The Morgan fingerprint density at radius 3 is 2.71 bits per heavy atom. The van der Waals surface area contributed by atoms with Crippen molar-refractivity contribution in [1.29, 1.82) is 0 Å². The van der Waals surface area contributed by atoms with Crippen LogP contribution in [0.4, 0.5) is 0 Å². The maximum atomic E-state index is 12.2. The molecule has 28 heavy (non-hydrogen) atoms. The summed E-state index contributed by atoms with van der Waals surface area (Å²) in [6.45, 7) is 6.59. The number of pyridine rings is 1. The number of carbonyl (C=O) groups is 1. The van der Waals surface area contributed by atoms with Gasteiger partial charge in [0, 0.05) is 16.0 Å². The Labute approximate surface area is 169 Å². The zero-order valence-corrected chi connectivity index (χ0v) is 17.0. The molecule has 0 aliphatic rings. The second-order valence-corrected chi connectivity index (χ2v) is 7.38. The Hall–Kier alpha value is -2.86. The molecule has 3 rings (SSSR count). The van der Waals surface area contributed by atoms with Crippen molar-refractivity contribution in [3.8, 4) is 5.75 Å². The lowest BCUT2D eigenvalue weighted by Crippen LogP contribution is -2.19. The van der Waals surface area contributed by atoms with Gasteiger partial charge in [0.2, 0.25) is 5.91 Å². The first-order valence-corrected chi connectivity index (χ1v) is 10.1. The Morgan fingerprint density at radius 2 is 1.96 bits per heavy atom. The van der Waals surface area contributed by atoms with E-state index >= 15 is 0 Å². The zero-order chi connectivity index (χ0) is 19.9. The lowest BCUT2D eigenvalue weighted by atomic mass is 10.1. The molecule has 5 nitrogen and oxygen atoms in total. The quantitative estimate of drug-likeness (QED) is 0.365. The minimum Gasteiger partial charge on any atom is -0.494 e. The number of hydrogen-bond donors (Lipinski definition) is 1. The van der Waals surface area contributed by atoms with Crippen LogP contribution in [-0.4, -0.2) is 29.5 Å². The maximum Gasteiger partial charge on any atom is 0.250 e. The second-order valence-electron chi connectivity index (χ2n) is 6.37. The highest BCUT2D eigenvalue weighted by Gasteiger charge is 2.08. The van der Waals surface area contributed by atoms with Crippen molar-refractivity contribution in [3.63, 3.8) is 0 Å². The van der Waals surface area contributed by atoms with Crippen LogP contribution in [0.5, 0.6) is 5.75 Å². The van der Waals surface area contributed by atoms with Crippen LogP contribution < -0.4 is 10.2 Å². The number of carbonyl (C=O) groups excluding carboxylic acids is 1. The van der Waals surface area contributed by atoms with Crippen LogP contribution in [-0.2, 0) is 4.79 Å². The fourth-order valence-electron chi connectivity index (χ4n) is 2.73. The van der Waals surface area contributed by atoms with E-state index in [1.54, 1.807) is 6.21 Å². The normalized spacial score (nSPS) is 11.1. The van der Waals surface area contributed by atoms with Gasteiger partial charge in [-0.2, -0.15) is 5.10 Å². The van der Waals surface area contributed by atoms with Crippen LogP contribution in [0.15, 0.2) is 58.5 Å². The van der Waals surface area contributed by atoms with E-state index in [1.165, 1.54) is 17.3 Å². The van der Waals surface area contributed by atoms with Gasteiger partial charge < -0.3 is 4.74 Å². The van der Waals surface area contributed by atoms with Gasteiger partial charge in [-0.05, 0) is 68.8 Å². The third kappa shape index (κ3) is 5.33. The average molecular weight is 394 g/mol. The molecular formula is C22H23N3O2S. The Morgan fingerprint density at radius 1 is 1.18 bits per heavy atom. The number of rotatable bonds is 7. The number of benzene rings is 2. The molecule has 0 saturated carbocycles. The van der Waals surface area contributed by atoms with Gasteiger partial charge in [0.15, 0.2) is 0 Å². The van der Waals surface area contributed by atoms with E-state index in [-0.39, 0.29) is 11.7 Å². The molecule has 144 valence electrons. The van der Waals surface area contributed by atoms with Gasteiger partial charge in [0.05, 0.1) is 24.1 Å². The molecule has 0 atom stereocenters. The molecule has 1 amide bonds. The molecule has 0 saturated heterocycles. The molecular weight excluding hydrogens is 370 g/mol. The molecule has 1 aromatic heterocycles. The number of amides is 1. The van der Waals surface area contributed by atoms with Gasteiger partial charge >= 0.3 is 0 Å². The summed E-state index contributed by atoms with van der Waals surface area (Å²) in [5.41, 5.74) is 6.52. The molecule has 6 heteroatoms. The summed E-state index contributed by atoms with van der Waals surface area (Å²) in [4.78, 5) is 17.8. The summed E-state index contributed by atoms with van der Waals surface area (Å²) in [5.74, 6) is 0.949. The second kappa shape index (κ2) is 9.37. The highest BCUT2D eigenvalue weighted by molar-refractivity contribution is 8.00. The number of nitrogens with one attached hydrogen (secondary N) is 1. The third-order valence-corrected chi connectivity index (χ3v) is 5.06. The summed E-state index contributed by atoms with van der Waals surface area (Å²) in [6.07, 6.45) is 1.62. The molecule has 0 spiro atoms. The van der Waals surface area contributed by atoms with E-state index in [0.717, 1.165) is 32.8 Å². The number of fused-ring (bicyclic) bond motifs is 1. The first-order chi connectivity index (χ1) is 13.5. The van der Waals surface area contributed by atoms with Crippen molar-refractivity contribution in [2.45, 2.75) is 25.7 Å². The van der Waals surface area contributed by atoms with Crippen LogP contribution in [0.1, 0.15) is 23.7 Å². The van der Waals surface area contributed by atoms with Crippen LogP contribution in [0.2, 0.25) is 0 Å². The smallest absolute Gasteiger partial charge is 0.250 e. The zero-order valence-electron chi connectivity index (χ0n) is 16.2. The Bertz CT molecular complexity index is 1000. The first-order valence-electron chi connectivity index (χ1n) is 9.10. The molecule has 0 aliphatic heterocycles. The minimum absolute atomic E-state index is 0.151. The summed E-state index contributed by atoms with van der Waals surface area (Å²) >= 11 is 1.49. The number of hydrogen-bond acceptors (Lipinski definition) is 5. The predicted octanol–water partition coefficient (Wildman–Crippen LogP) is 4.49. The fourth-order valence-corrected chi connectivity index (χ4v) is 3.65. The Balaban J connectivity index is 1.58. The highest BCUT2D eigenvalue weighted by atomic mass is 32.2. The number of ether oxygens (including phenoxy) is 1. The SMILES string of the molecule is CCOc1ccc(/C=N\NC(=O)CSc2cc(C)nc3ccc(C)cc23)cc1. The van der Waals surface area contributed by atoms with Gasteiger partial charge in [0.1, 0.15) is 5.75 Å². The van der Waals surface area contributed by atoms with Crippen LogP contribution in [0.3, 0.4) is 0 Å². The van der Waals surface area contributed by atoms with Gasteiger partial charge in [-0.15, -0.1) is 11.8 Å². The molecule has 3 aromatic rings. The van der Waals surface area contributed by atoms with E-state index in [4.69, 9.17) is 4.74 Å². The molecule has 0 bridgehead atoms. The number of aromatic nitrogens is 1. The average Bonchev–Trinajstić information content (AvgIpc) is 2.68. The van der Waals surface area contributed by atoms with E-state index in [1.807, 2.05) is 56.3 Å². The lowest BCUT2D eigenvalue weighted by Gasteiger charge is -2.08. The predicted molar refractivity (Wildman–Crippen MR) is 115 cm³/mol. The van der Waals surface area contributed by atoms with E-state index in [2.05, 4.69) is 28.5 Å². The van der Waals surface area contributed by atoms with Gasteiger partial charge in [0.25, 0.3) is 0 Å². The molecule has 1 heterocycles.